The highest BCUT2D eigenvalue weighted by molar-refractivity contribution is 5.36. The van der Waals surface area contributed by atoms with E-state index >= 15 is 0 Å². The first-order chi connectivity index (χ1) is 14.4. The Morgan fingerprint density at radius 1 is 0.867 bits per heavy atom. The fourth-order valence-corrected chi connectivity index (χ4v) is 4.25. The summed E-state index contributed by atoms with van der Waals surface area (Å²) in [7, 11) is 1.82. The number of hydrogen-bond donors (Lipinski definition) is 2. The molecule has 5 nitrogen and oxygen atoms in total. The van der Waals surface area contributed by atoms with Crippen molar-refractivity contribution in [1.29, 1.82) is 0 Å². The van der Waals surface area contributed by atoms with Gasteiger partial charge < -0.3 is 24.6 Å². The molecule has 0 aromatic heterocycles. The fraction of sp³-hybridized carbons (Fsp3) is 0.478. The number of aryl methyl sites for hydroxylation is 2. The van der Waals surface area contributed by atoms with Gasteiger partial charge in [0.25, 0.3) is 0 Å². The number of aliphatic hydroxyl groups excluding tert-OH is 2. The van der Waals surface area contributed by atoms with Gasteiger partial charge >= 0.3 is 0 Å². The molecule has 4 atom stereocenters. The van der Waals surface area contributed by atoms with Gasteiger partial charge in [-0.3, -0.25) is 0 Å². The van der Waals surface area contributed by atoms with Crippen LogP contribution in [-0.2, 0) is 12.8 Å². The Kier molecular flexibility index (Phi) is 6.22. The van der Waals surface area contributed by atoms with E-state index in [-0.39, 0.29) is 23.8 Å². The van der Waals surface area contributed by atoms with E-state index < -0.39 is 12.2 Å². The minimum Gasteiger partial charge on any atom is -0.487 e. The summed E-state index contributed by atoms with van der Waals surface area (Å²) in [6, 6.07) is 8.84. The van der Waals surface area contributed by atoms with Crippen molar-refractivity contribution in [3.05, 3.63) is 59.2 Å². The van der Waals surface area contributed by atoms with Crippen molar-refractivity contribution >= 4 is 0 Å². The van der Waals surface area contributed by atoms with Crippen LogP contribution in [0.4, 0.5) is 8.78 Å². The van der Waals surface area contributed by atoms with Crippen molar-refractivity contribution in [3.8, 4) is 11.5 Å². The Morgan fingerprint density at radius 2 is 1.30 bits per heavy atom. The number of rotatable bonds is 6. The van der Waals surface area contributed by atoms with Crippen LogP contribution in [0.15, 0.2) is 36.4 Å². The van der Waals surface area contributed by atoms with Crippen LogP contribution >= 0.6 is 0 Å². The minimum absolute atomic E-state index is 0.289. The second-order valence-electron chi connectivity index (χ2n) is 8.25. The highest BCUT2D eigenvalue weighted by atomic mass is 19.1. The largest absolute Gasteiger partial charge is 0.487 e. The number of benzene rings is 2. The normalized spacial score (nSPS) is 22.5. The highest BCUT2D eigenvalue weighted by Gasteiger charge is 2.30. The van der Waals surface area contributed by atoms with Gasteiger partial charge in [-0.15, -0.1) is 0 Å². The average molecular weight is 419 g/mol. The fourth-order valence-electron chi connectivity index (χ4n) is 4.25. The van der Waals surface area contributed by atoms with Gasteiger partial charge in [0.15, 0.2) is 0 Å². The maximum atomic E-state index is 13.3. The summed E-state index contributed by atoms with van der Waals surface area (Å²) in [5, 5.41) is 21.2. The van der Waals surface area contributed by atoms with Crippen LogP contribution in [0.3, 0.4) is 0 Å². The molecule has 7 heteroatoms. The van der Waals surface area contributed by atoms with Gasteiger partial charge in [-0.05, 0) is 80.3 Å². The molecule has 2 heterocycles. The van der Waals surface area contributed by atoms with Gasteiger partial charge in [0.2, 0.25) is 0 Å². The molecule has 2 aromatic carbocycles. The lowest BCUT2D eigenvalue weighted by molar-refractivity contribution is -0.0212. The zero-order valence-electron chi connectivity index (χ0n) is 16.9. The first-order valence-electron chi connectivity index (χ1n) is 10.3. The molecule has 0 fully saturated rings. The van der Waals surface area contributed by atoms with E-state index in [1.54, 1.807) is 12.1 Å². The zero-order valence-corrected chi connectivity index (χ0v) is 16.9. The molecule has 2 aliphatic rings. The molecule has 0 saturated heterocycles. The van der Waals surface area contributed by atoms with Crippen LogP contribution in [0.2, 0.25) is 0 Å². The van der Waals surface area contributed by atoms with Crippen LogP contribution in [0.5, 0.6) is 11.5 Å². The summed E-state index contributed by atoms with van der Waals surface area (Å²) in [4.78, 5) is 1.85. The summed E-state index contributed by atoms with van der Waals surface area (Å²) < 4.78 is 38.4. The Labute approximate surface area is 174 Å². The predicted molar refractivity (Wildman–Crippen MR) is 108 cm³/mol. The number of hydrogen-bond acceptors (Lipinski definition) is 5. The zero-order chi connectivity index (χ0) is 21.3. The maximum Gasteiger partial charge on any atom is 0.126 e. The summed E-state index contributed by atoms with van der Waals surface area (Å²) in [6.07, 6.45) is 0.271. The lowest BCUT2D eigenvalue weighted by Crippen LogP contribution is -2.47. The molecule has 0 unspecified atom stereocenters. The molecule has 30 heavy (non-hydrogen) atoms. The van der Waals surface area contributed by atoms with E-state index in [0.29, 0.717) is 50.3 Å². The highest BCUT2D eigenvalue weighted by Crippen LogP contribution is 2.31. The SMILES string of the molecule is CN(C[C@H](O)[C@@H]1CCc2cc(F)ccc2O1)C[C@H](O)[C@H]1CCc2cc(F)ccc2O1. The Balaban J connectivity index is 1.28. The molecule has 4 rings (SSSR count). The van der Waals surface area contributed by atoms with Gasteiger partial charge in [0.05, 0.1) is 0 Å². The van der Waals surface area contributed by atoms with Crippen molar-refractivity contribution in [2.75, 3.05) is 20.1 Å². The molecule has 0 radical (unpaired) electrons. The van der Waals surface area contributed by atoms with Gasteiger partial charge in [-0.2, -0.15) is 0 Å². The number of halogens is 2. The van der Waals surface area contributed by atoms with Crippen molar-refractivity contribution in [2.24, 2.45) is 0 Å². The van der Waals surface area contributed by atoms with Gasteiger partial charge in [0.1, 0.15) is 47.5 Å². The first-order valence-corrected chi connectivity index (χ1v) is 10.3. The molecule has 162 valence electrons. The molecule has 0 spiro atoms. The average Bonchev–Trinajstić information content (AvgIpc) is 2.72. The lowest BCUT2D eigenvalue weighted by Gasteiger charge is -2.34. The van der Waals surface area contributed by atoms with Crippen molar-refractivity contribution < 1.29 is 28.5 Å². The second kappa shape index (κ2) is 8.88. The summed E-state index contributed by atoms with van der Waals surface area (Å²) in [5.41, 5.74) is 1.63. The lowest BCUT2D eigenvalue weighted by atomic mass is 9.98. The topological polar surface area (TPSA) is 62.2 Å². The van der Waals surface area contributed by atoms with E-state index in [9.17, 15) is 19.0 Å². The quantitative estimate of drug-likeness (QED) is 0.754. The summed E-state index contributed by atoms with van der Waals surface area (Å²) in [5.74, 6) is 0.644. The maximum absolute atomic E-state index is 13.3. The molecule has 2 aliphatic heterocycles. The van der Waals surface area contributed by atoms with Crippen molar-refractivity contribution in [3.63, 3.8) is 0 Å². The Morgan fingerprint density at radius 3 is 1.73 bits per heavy atom. The molecule has 0 saturated carbocycles. The number of fused-ring (bicyclic) bond motifs is 2. The number of ether oxygens (including phenoxy) is 2. The molecule has 0 bridgehead atoms. The number of aliphatic hydroxyl groups is 2. The van der Waals surface area contributed by atoms with Crippen LogP contribution in [-0.4, -0.2) is 59.7 Å². The van der Waals surface area contributed by atoms with Crippen LogP contribution < -0.4 is 9.47 Å². The van der Waals surface area contributed by atoms with Crippen molar-refractivity contribution in [1.82, 2.24) is 4.90 Å². The van der Waals surface area contributed by atoms with E-state index in [2.05, 4.69) is 0 Å². The monoisotopic (exact) mass is 419 g/mol. The smallest absolute Gasteiger partial charge is 0.126 e. The number of likely N-dealkylation sites (N-methyl/N-ethyl adjacent to an activating group) is 1. The third-order valence-electron chi connectivity index (χ3n) is 5.85. The third kappa shape index (κ3) is 4.74. The van der Waals surface area contributed by atoms with Crippen LogP contribution in [0.25, 0.3) is 0 Å². The Bertz CT molecular complexity index is 822. The summed E-state index contributed by atoms with van der Waals surface area (Å²) in [6.45, 7) is 0.652. The molecule has 2 N–H and O–H groups in total. The minimum atomic E-state index is -0.739. The Hall–Kier alpha value is -2.22. The molecule has 0 aliphatic carbocycles. The van der Waals surface area contributed by atoms with Crippen LogP contribution in [0.1, 0.15) is 24.0 Å². The number of nitrogens with zero attached hydrogens (tertiary/aromatic N) is 1. The molecule has 2 aromatic rings. The predicted octanol–water partition coefficient (Wildman–Crippen LogP) is 2.71. The second-order valence-corrected chi connectivity index (χ2v) is 8.25. The van der Waals surface area contributed by atoms with Gasteiger partial charge in [0, 0.05) is 13.1 Å². The van der Waals surface area contributed by atoms with Crippen molar-refractivity contribution in [2.45, 2.75) is 50.1 Å². The molecular formula is C23H27F2NO4. The molecular weight excluding hydrogens is 392 g/mol. The van der Waals surface area contributed by atoms with E-state index in [1.165, 1.54) is 24.3 Å². The first kappa shape index (κ1) is 21.0. The molecule has 0 amide bonds. The van der Waals surface area contributed by atoms with Crippen LogP contribution in [0, 0.1) is 11.6 Å². The van der Waals surface area contributed by atoms with E-state index in [1.807, 2.05) is 11.9 Å². The standard InChI is InChI=1S/C23H27F2NO4/c1-26(12-18(27)22-6-2-14-10-16(24)4-8-20(14)29-22)13-19(28)23-7-3-15-11-17(25)5-9-21(15)30-23/h4-5,8-11,18-19,22-23,27-28H,2-3,6-7,12-13H2,1H3/t18-,19-,22-,23+/m0/s1. The van der Waals surface area contributed by atoms with Gasteiger partial charge in [-0.25, -0.2) is 8.78 Å². The van der Waals surface area contributed by atoms with E-state index in [0.717, 1.165) is 11.1 Å². The van der Waals surface area contributed by atoms with E-state index in [4.69, 9.17) is 9.47 Å². The third-order valence-corrected chi connectivity index (χ3v) is 5.85. The summed E-state index contributed by atoms with van der Waals surface area (Å²) >= 11 is 0. The van der Waals surface area contributed by atoms with Gasteiger partial charge in [-0.1, -0.05) is 0 Å².